The number of methoxy groups -OCH3 is 1. The molecule has 1 N–H and O–H groups in total. The second kappa shape index (κ2) is 6.59. The highest BCUT2D eigenvalue weighted by Gasteiger charge is 2.20. The molecule has 2 aromatic carbocycles. The molecule has 2 rings (SSSR count). The van der Waals surface area contributed by atoms with Crippen LogP contribution in [0, 0.1) is 12.7 Å². The van der Waals surface area contributed by atoms with E-state index in [1.807, 2.05) is 0 Å². The number of benzene rings is 2. The number of aliphatic hydroxyl groups excluding tert-OH is 1. The first-order valence-electron chi connectivity index (χ1n) is 6.76. The van der Waals surface area contributed by atoms with E-state index in [2.05, 4.69) is 0 Å². The van der Waals surface area contributed by atoms with E-state index in [1.54, 1.807) is 63.4 Å². The smallest absolute Gasteiger partial charge is 0.167 e. The molecule has 112 valence electrons. The molecule has 2 unspecified atom stereocenters. The fraction of sp³-hybridized carbons (Fsp3) is 0.294. The Hall–Kier alpha value is -2.07. The van der Waals surface area contributed by atoms with E-state index in [9.17, 15) is 9.50 Å². The maximum Gasteiger partial charge on any atom is 0.167 e. The largest absolute Gasteiger partial charge is 0.497 e. The molecule has 4 heteroatoms. The Kier molecular flexibility index (Phi) is 4.81. The van der Waals surface area contributed by atoms with Gasteiger partial charge >= 0.3 is 0 Å². The predicted octanol–water partition coefficient (Wildman–Crippen LogP) is 3.64. The van der Waals surface area contributed by atoms with Crippen molar-refractivity contribution in [2.75, 3.05) is 7.11 Å². The monoisotopic (exact) mass is 290 g/mol. The molecule has 0 aromatic heterocycles. The molecule has 3 nitrogen and oxygen atoms in total. The maximum absolute atomic E-state index is 13.9. The Morgan fingerprint density at radius 2 is 1.76 bits per heavy atom. The summed E-state index contributed by atoms with van der Waals surface area (Å²) in [5.41, 5.74) is 1.20. The summed E-state index contributed by atoms with van der Waals surface area (Å²) < 4.78 is 24.5. The molecule has 0 bridgehead atoms. The first kappa shape index (κ1) is 15.3. The van der Waals surface area contributed by atoms with Crippen molar-refractivity contribution in [1.82, 2.24) is 0 Å². The van der Waals surface area contributed by atoms with Crippen LogP contribution in [0.5, 0.6) is 11.5 Å². The van der Waals surface area contributed by atoms with Crippen LogP contribution >= 0.6 is 0 Å². The standard InChI is InChI=1S/C17H19FO3/c1-11-5-4-6-15(16(11)18)21-12(2)17(19)13-7-9-14(20-3)10-8-13/h4-10,12,17,19H,1-3H3. The third kappa shape index (κ3) is 3.52. The minimum atomic E-state index is -0.851. The van der Waals surface area contributed by atoms with E-state index < -0.39 is 18.0 Å². The van der Waals surface area contributed by atoms with E-state index in [-0.39, 0.29) is 5.75 Å². The van der Waals surface area contributed by atoms with Crippen LogP contribution in [-0.2, 0) is 0 Å². The number of ether oxygens (including phenoxy) is 2. The highest BCUT2D eigenvalue weighted by atomic mass is 19.1. The summed E-state index contributed by atoms with van der Waals surface area (Å²) in [7, 11) is 1.58. The summed E-state index contributed by atoms with van der Waals surface area (Å²) in [5.74, 6) is 0.464. The SMILES string of the molecule is COc1ccc(C(O)C(C)Oc2cccc(C)c2F)cc1. The topological polar surface area (TPSA) is 38.7 Å². The lowest BCUT2D eigenvalue weighted by atomic mass is 10.1. The van der Waals surface area contributed by atoms with Gasteiger partial charge in [-0.25, -0.2) is 4.39 Å². The fourth-order valence-corrected chi connectivity index (χ4v) is 2.05. The van der Waals surface area contributed by atoms with Gasteiger partial charge < -0.3 is 14.6 Å². The van der Waals surface area contributed by atoms with Gasteiger partial charge in [0.2, 0.25) is 0 Å². The second-order valence-electron chi connectivity index (χ2n) is 4.93. The molecule has 0 amide bonds. The number of hydrogen-bond donors (Lipinski definition) is 1. The molecule has 0 aliphatic carbocycles. The Morgan fingerprint density at radius 1 is 1.10 bits per heavy atom. The van der Waals surface area contributed by atoms with Crippen LogP contribution in [0.1, 0.15) is 24.2 Å². The van der Waals surface area contributed by atoms with Crippen LogP contribution in [0.2, 0.25) is 0 Å². The van der Waals surface area contributed by atoms with Crippen molar-refractivity contribution >= 4 is 0 Å². The summed E-state index contributed by atoms with van der Waals surface area (Å²) in [5, 5.41) is 10.3. The van der Waals surface area contributed by atoms with Crippen molar-refractivity contribution in [3.63, 3.8) is 0 Å². The van der Waals surface area contributed by atoms with Crippen LogP contribution in [0.15, 0.2) is 42.5 Å². The number of aliphatic hydroxyl groups is 1. The van der Waals surface area contributed by atoms with E-state index in [0.717, 1.165) is 0 Å². The molecular formula is C17H19FO3. The van der Waals surface area contributed by atoms with Crippen LogP contribution in [0.25, 0.3) is 0 Å². The van der Waals surface area contributed by atoms with Crippen LogP contribution < -0.4 is 9.47 Å². The van der Waals surface area contributed by atoms with Gasteiger partial charge in [-0.15, -0.1) is 0 Å². The zero-order valence-electron chi connectivity index (χ0n) is 12.3. The number of rotatable bonds is 5. The third-order valence-electron chi connectivity index (χ3n) is 3.37. The van der Waals surface area contributed by atoms with Crippen molar-refractivity contribution in [2.45, 2.75) is 26.1 Å². The Bertz CT molecular complexity index is 595. The average Bonchev–Trinajstić information content (AvgIpc) is 2.51. The van der Waals surface area contributed by atoms with E-state index >= 15 is 0 Å². The van der Waals surface area contributed by atoms with Gasteiger partial charge in [-0.2, -0.15) is 0 Å². The normalized spacial score (nSPS) is 13.6. The molecule has 2 aromatic rings. The van der Waals surface area contributed by atoms with Gasteiger partial charge in [0.25, 0.3) is 0 Å². The molecule has 0 spiro atoms. The van der Waals surface area contributed by atoms with Gasteiger partial charge in [0.15, 0.2) is 11.6 Å². The zero-order valence-corrected chi connectivity index (χ0v) is 12.3. The van der Waals surface area contributed by atoms with Crippen LogP contribution in [0.4, 0.5) is 4.39 Å². The molecule has 2 atom stereocenters. The van der Waals surface area contributed by atoms with Crippen molar-refractivity contribution in [3.05, 3.63) is 59.4 Å². The first-order chi connectivity index (χ1) is 10.0. The fourth-order valence-electron chi connectivity index (χ4n) is 2.05. The molecule has 0 saturated heterocycles. The summed E-state index contributed by atoms with van der Waals surface area (Å²) >= 11 is 0. The highest BCUT2D eigenvalue weighted by molar-refractivity contribution is 5.31. The minimum Gasteiger partial charge on any atom is -0.497 e. The van der Waals surface area contributed by atoms with Gasteiger partial charge in [-0.1, -0.05) is 24.3 Å². The quantitative estimate of drug-likeness (QED) is 0.913. The maximum atomic E-state index is 13.9. The van der Waals surface area contributed by atoms with Crippen molar-refractivity contribution in [3.8, 4) is 11.5 Å². The van der Waals surface area contributed by atoms with Gasteiger partial charge in [-0.3, -0.25) is 0 Å². The Morgan fingerprint density at radius 3 is 2.38 bits per heavy atom. The molecule has 0 saturated carbocycles. The molecule has 0 heterocycles. The third-order valence-corrected chi connectivity index (χ3v) is 3.37. The van der Waals surface area contributed by atoms with Gasteiger partial charge in [-0.05, 0) is 43.2 Å². The van der Waals surface area contributed by atoms with Gasteiger partial charge in [0.05, 0.1) is 7.11 Å². The molecular weight excluding hydrogens is 271 g/mol. The van der Waals surface area contributed by atoms with E-state index in [0.29, 0.717) is 16.9 Å². The predicted molar refractivity (Wildman–Crippen MR) is 79.2 cm³/mol. The molecule has 0 fully saturated rings. The second-order valence-corrected chi connectivity index (χ2v) is 4.93. The Balaban J connectivity index is 2.11. The Labute approximate surface area is 124 Å². The number of halogens is 1. The molecule has 0 aliphatic rings. The van der Waals surface area contributed by atoms with Crippen LogP contribution in [0.3, 0.4) is 0 Å². The lowest BCUT2D eigenvalue weighted by molar-refractivity contribution is 0.0443. The van der Waals surface area contributed by atoms with Crippen molar-refractivity contribution in [1.29, 1.82) is 0 Å². The van der Waals surface area contributed by atoms with Crippen molar-refractivity contribution in [2.24, 2.45) is 0 Å². The average molecular weight is 290 g/mol. The number of hydrogen-bond acceptors (Lipinski definition) is 3. The molecule has 0 radical (unpaired) electrons. The van der Waals surface area contributed by atoms with E-state index in [4.69, 9.17) is 9.47 Å². The van der Waals surface area contributed by atoms with Gasteiger partial charge in [0, 0.05) is 0 Å². The lowest BCUT2D eigenvalue weighted by Gasteiger charge is -2.21. The highest BCUT2D eigenvalue weighted by Crippen LogP contribution is 2.26. The zero-order chi connectivity index (χ0) is 15.4. The number of aryl methyl sites for hydroxylation is 1. The molecule has 0 aliphatic heterocycles. The first-order valence-corrected chi connectivity index (χ1v) is 6.76. The van der Waals surface area contributed by atoms with Crippen LogP contribution in [-0.4, -0.2) is 18.3 Å². The van der Waals surface area contributed by atoms with Crippen molar-refractivity contribution < 1.29 is 19.0 Å². The van der Waals surface area contributed by atoms with Gasteiger partial charge in [0.1, 0.15) is 18.0 Å². The molecule has 21 heavy (non-hydrogen) atoms. The summed E-state index contributed by atoms with van der Waals surface area (Å²) in [6, 6.07) is 12.0. The summed E-state index contributed by atoms with van der Waals surface area (Å²) in [6.07, 6.45) is -1.43. The van der Waals surface area contributed by atoms with E-state index in [1.165, 1.54) is 0 Å². The lowest BCUT2D eigenvalue weighted by Crippen LogP contribution is -2.22. The minimum absolute atomic E-state index is 0.148. The summed E-state index contributed by atoms with van der Waals surface area (Å²) in [6.45, 7) is 3.38. The summed E-state index contributed by atoms with van der Waals surface area (Å²) in [4.78, 5) is 0.